The highest BCUT2D eigenvalue weighted by molar-refractivity contribution is 9.11. The van der Waals surface area contributed by atoms with Crippen LogP contribution >= 0.6 is 15.9 Å². The number of nitrogens with one attached hydrogen (secondary N) is 1. The largest absolute Gasteiger partial charge is 0.394 e. The molecule has 0 aliphatic carbocycles. The van der Waals surface area contributed by atoms with Gasteiger partial charge < -0.3 is 19.7 Å². The molecular weight excluding hydrogens is 360 g/mol. The number of nitrogens with zero attached hydrogens (tertiary/aromatic N) is 1. The number of aromatic amines is 1. The lowest BCUT2D eigenvalue weighted by Crippen LogP contribution is -2.39. The third-order valence-electron chi connectivity index (χ3n) is 3.36. The molecule has 8 nitrogen and oxygen atoms in total. The zero-order valence-corrected chi connectivity index (χ0v) is 13.4. The number of aromatic nitrogens is 2. The Kier molecular flexibility index (Phi) is 5.70. The average molecular weight is 377 g/mol. The van der Waals surface area contributed by atoms with Gasteiger partial charge in [0.25, 0.3) is 5.56 Å². The van der Waals surface area contributed by atoms with E-state index in [1.54, 1.807) is 6.92 Å². The summed E-state index contributed by atoms with van der Waals surface area (Å²) in [5.74, 6) is 0. The molecule has 2 rings (SSSR count). The smallest absolute Gasteiger partial charge is 0.330 e. The van der Waals surface area contributed by atoms with Crippen LogP contribution in [0.3, 0.4) is 0 Å². The Bertz CT molecular complexity index is 655. The van der Waals surface area contributed by atoms with Crippen LogP contribution in [0.25, 0.3) is 6.08 Å². The third-order valence-corrected chi connectivity index (χ3v) is 3.62. The van der Waals surface area contributed by atoms with Gasteiger partial charge in [0.05, 0.1) is 12.2 Å². The summed E-state index contributed by atoms with van der Waals surface area (Å²) >= 11 is 3.06. The van der Waals surface area contributed by atoms with Crippen LogP contribution in [0, 0.1) is 0 Å². The Morgan fingerprint density at radius 3 is 2.86 bits per heavy atom. The van der Waals surface area contributed by atoms with Gasteiger partial charge in [0.2, 0.25) is 0 Å². The lowest BCUT2D eigenvalue weighted by Gasteiger charge is -2.19. The zero-order chi connectivity index (χ0) is 16.3. The van der Waals surface area contributed by atoms with Crippen molar-refractivity contribution < 1.29 is 19.7 Å². The third kappa shape index (κ3) is 3.23. The predicted octanol–water partition coefficient (Wildman–Crippen LogP) is -0.442. The molecule has 1 saturated heterocycles. The van der Waals surface area contributed by atoms with Crippen molar-refractivity contribution >= 4 is 22.0 Å². The molecule has 0 aromatic carbocycles. The normalized spacial score (nSPS) is 28.5. The molecule has 1 aromatic heterocycles. The number of hydrogen-bond donors (Lipinski definition) is 3. The molecular formula is C13H17BrN2O6. The Labute approximate surface area is 134 Å². The van der Waals surface area contributed by atoms with Gasteiger partial charge in [-0.3, -0.25) is 14.3 Å². The van der Waals surface area contributed by atoms with E-state index in [1.165, 1.54) is 17.3 Å². The first-order valence-corrected chi connectivity index (χ1v) is 7.63. The van der Waals surface area contributed by atoms with Crippen LogP contribution in [0.2, 0.25) is 0 Å². The molecule has 1 fully saturated rings. The van der Waals surface area contributed by atoms with Crippen LogP contribution in [-0.2, 0) is 9.47 Å². The number of ether oxygens (including phenoxy) is 2. The SMILES string of the molecule is CCO[C@H]1[C@H](O)[C@H](n2cc(C=CBr)c(=O)[nH]c2=O)O[C@@H]1CO. The molecule has 0 spiro atoms. The van der Waals surface area contributed by atoms with Gasteiger partial charge in [-0.2, -0.15) is 0 Å². The van der Waals surface area contributed by atoms with Crippen molar-refractivity contribution in [2.75, 3.05) is 13.2 Å². The molecule has 4 atom stereocenters. The van der Waals surface area contributed by atoms with Crippen LogP contribution in [0.1, 0.15) is 18.7 Å². The van der Waals surface area contributed by atoms with Crippen molar-refractivity contribution in [3.8, 4) is 0 Å². The number of hydrogen-bond acceptors (Lipinski definition) is 6. The fourth-order valence-electron chi connectivity index (χ4n) is 2.37. The summed E-state index contributed by atoms with van der Waals surface area (Å²) in [6, 6.07) is 0. The quantitative estimate of drug-likeness (QED) is 0.641. The molecule has 1 aromatic rings. The first-order chi connectivity index (χ1) is 10.5. The second-order valence-electron chi connectivity index (χ2n) is 4.70. The molecule has 1 aliphatic rings. The summed E-state index contributed by atoms with van der Waals surface area (Å²) in [4.78, 5) is 27.2. The Hall–Kier alpha value is -1.26. The van der Waals surface area contributed by atoms with Gasteiger partial charge in [0.15, 0.2) is 6.23 Å². The van der Waals surface area contributed by atoms with Gasteiger partial charge in [0, 0.05) is 12.8 Å². The molecule has 22 heavy (non-hydrogen) atoms. The van der Waals surface area contributed by atoms with E-state index in [-0.39, 0.29) is 12.2 Å². The van der Waals surface area contributed by atoms with E-state index in [2.05, 4.69) is 20.9 Å². The molecule has 3 N–H and O–H groups in total. The second-order valence-corrected chi connectivity index (χ2v) is 5.23. The van der Waals surface area contributed by atoms with E-state index in [4.69, 9.17) is 9.47 Å². The Morgan fingerprint density at radius 1 is 1.55 bits per heavy atom. The van der Waals surface area contributed by atoms with Crippen LogP contribution in [0.4, 0.5) is 0 Å². The highest BCUT2D eigenvalue weighted by Gasteiger charge is 2.45. The number of aliphatic hydroxyl groups excluding tert-OH is 2. The number of aliphatic hydroxyl groups is 2. The highest BCUT2D eigenvalue weighted by Crippen LogP contribution is 2.30. The van der Waals surface area contributed by atoms with Gasteiger partial charge >= 0.3 is 5.69 Å². The molecule has 0 bridgehead atoms. The van der Waals surface area contributed by atoms with E-state index in [0.717, 1.165) is 4.57 Å². The van der Waals surface area contributed by atoms with Gasteiger partial charge in [0.1, 0.15) is 18.3 Å². The van der Waals surface area contributed by atoms with Crippen LogP contribution in [0.15, 0.2) is 20.8 Å². The Balaban J connectivity index is 2.41. The summed E-state index contributed by atoms with van der Waals surface area (Å²) in [6.07, 6.45) is -0.972. The molecule has 1 aliphatic heterocycles. The summed E-state index contributed by atoms with van der Waals surface area (Å²) in [5, 5.41) is 19.6. The lowest BCUT2D eigenvalue weighted by atomic mass is 10.1. The van der Waals surface area contributed by atoms with Crippen molar-refractivity contribution in [1.82, 2.24) is 9.55 Å². The summed E-state index contributed by atoms with van der Waals surface area (Å²) < 4.78 is 12.0. The molecule has 0 saturated carbocycles. The zero-order valence-electron chi connectivity index (χ0n) is 11.8. The second kappa shape index (κ2) is 7.34. The summed E-state index contributed by atoms with van der Waals surface area (Å²) in [7, 11) is 0. The average Bonchev–Trinajstić information content (AvgIpc) is 2.79. The minimum absolute atomic E-state index is 0.215. The van der Waals surface area contributed by atoms with Crippen molar-refractivity contribution in [2.45, 2.75) is 31.5 Å². The topological polar surface area (TPSA) is 114 Å². The van der Waals surface area contributed by atoms with E-state index in [9.17, 15) is 19.8 Å². The van der Waals surface area contributed by atoms with E-state index < -0.39 is 35.8 Å². The minimum Gasteiger partial charge on any atom is -0.394 e. The van der Waals surface area contributed by atoms with Crippen LogP contribution in [-0.4, -0.2) is 51.3 Å². The maximum atomic E-state index is 12.0. The minimum atomic E-state index is -1.15. The van der Waals surface area contributed by atoms with Gasteiger partial charge in [-0.1, -0.05) is 15.9 Å². The predicted molar refractivity (Wildman–Crippen MR) is 81.7 cm³/mol. The number of halogens is 1. The molecule has 0 unspecified atom stereocenters. The van der Waals surface area contributed by atoms with Crippen LogP contribution < -0.4 is 11.2 Å². The van der Waals surface area contributed by atoms with Gasteiger partial charge in [-0.05, 0) is 18.0 Å². The van der Waals surface area contributed by atoms with E-state index >= 15 is 0 Å². The molecule has 122 valence electrons. The van der Waals surface area contributed by atoms with E-state index in [1.807, 2.05) is 0 Å². The van der Waals surface area contributed by atoms with Crippen molar-refractivity contribution in [1.29, 1.82) is 0 Å². The van der Waals surface area contributed by atoms with Crippen LogP contribution in [0.5, 0.6) is 0 Å². The number of rotatable bonds is 5. The fourth-order valence-corrected chi connectivity index (χ4v) is 2.66. The summed E-state index contributed by atoms with van der Waals surface area (Å²) in [5.41, 5.74) is -1.05. The molecule has 2 heterocycles. The lowest BCUT2D eigenvalue weighted by molar-refractivity contribution is -0.0606. The van der Waals surface area contributed by atoms with E-state index in [0.29, 0.717) is 6.61 Å². The number of H-pyrrole nitrogens is 1. The molecule has 0 amide bonds. The summed E-state index contributed by atoms with van der Waals surface area (Å²) in [6.45, 7) is 1.72. The monoisotopic (exact) mass is 376 g/mol. The molecule has 0 radical (unpaired) electrons. The maximum Gasteiger partial charge on any atom is 0.330 e. The standard InChI is InChI=1S/C13H17BrN2O6/c1-2-21-10-8(6-17)22-12(9(10)18)16-5-7(3-4-14)11(19)15-13(16)20/h3-5,8-10,12,17-18H,2,6H2,1H3,(H,15,19,20)/t8-,9+,10-,12-/m1/s1. The maximum absolute atomic E-state index is 12.0. The van der Waals surface area contributed by atoms with Gasteiger partial charge in [-0.15, -0.1) is 0 Å². The van der Waals surface area contributed by atoms with Crippen molar-refractivity contribution in [3.63, 3.8) is 0 Å². The van der Waals surface area contributed by atoms with Gasteiger partial charge in [-0.25, -0.2) is 4.79 Å². The Morgan fingerprint density at radius 2 is 2.27 bits per heavy atom. The first kappa shape index (κ1) is 17.1. The highest BCUT2D eigenvalue weighted by atomic mass is 79.9. The fraction of sp³-hybridized carbons (Fsp3) is 0.538. The first-order valence-electron chi connectivity index (χ1n) is 6.71. The van der Waals surface area contributed by atoms with Crippen molar-refractivity contribution in [2.24, 2.45) is 0 Å². The molecule has 9 heteroatoms. The van der Waals surface area contributed by atoms with Crippen molar-refractivity contribution in [3.05, 3.63) is 37.6 Å².